The van der Waals surface area contributed by atoms with Gasteiger partial charge in [-0.25, -0.2) is 4.79 Å². The van der Waals surface area contributed by atoms with Crippen molar-refractivity contribution in [2.24, 2.45) is 0 Å². The van der Waals surface area contributed by atoms with E-state index >= 15 is 0 Å². The van der Waals surface area contributed by atoms with Crippen molar-refractivity contribution >= 4 is 23.6 Å². The van der Waals surface area contributed by atoms with Crippen molar-refractivity contribution in [1.82, 2.24) is 10.2 Å². The third kappa shape index (κ3) is 6.28. The molecule has 1 rings (SSSR count). The van der Waals surface area contributed by atoms with Gasteiger partial charge < -0.3 is 20.3 Å². The molecule has 7 nitrogen and oxygen atoms in total. The van der Waals surface area contributed by atoms with Crippen molar-refractivity contribution in [1.29, 1.82) is 0 Å². The molecule has 7 heteroatoms. The number of nitrogens with zero attached hydrogens (tertiary/aromatic N) is 1. The Bertz CT molecular complexity index is 572. The summed E-state index contributed by atoms with van der Waals surface area (Å²) in [6.45, 7) is 5.53. The van der Waals surface area contributed by atoms with Gasteiger partial charge in [-0.05, 0) is 31.5 Å². The van der Waals surface area contributed by atoms with Crippen LogP contribution in [0.4, 0.5) is 10.5 Å². The summed E-state index contributed by atoms with van der Waals surface area (Å²) in [6.07, 6.45) is -0.112. The molecule has 0 fully saturated rings. The van der Waals surface area contributed by atoms with E-state index in [0.717, 1.165) is 5.56 Å². The fourth-order valence-corrected chi connectivity index (χ4v) is 1.99. The molecule has 1 aromatic carbocycles. The molecule has 1 aromatic rings. The van der Waals surface area contributed by atoms with E-state index in [2.05, 4.69) is 10.6 Å². The number of likely N-dealkylation sites (N-methyl/N-ethyl adjacent to an activating group) is 1. The minimum absolute atomic E-state index is 0.0499. The molecule has 0 aliphatic heterocycles. The minimum Gasteiger partial charge on any atom is -0.450 e. The van der Waals surface area contributed by atoms with Gasteiger partial charge in [0.2, 0.25) is 11.8 Å². The number of carbonyl (C=O) groups excluding carboxylic acids is 3. The zero-order valence-corrected chi connectivity index (χ0v) is 14.6. The average Bonchev–Trinajstić information content (AvgIpc) is 2.55. The lowest BCUT2D eigenvalue weighted by molar-refractivity contribution is -0.122. The van der Waals surface area contributed by atoms with Gasteiger partial charge in [0, 0.05) is 19.2 Å². The highest BCUT2D eigenvalue weighted by molar-refractivity contribution is 5.90. The van der Waals surface area contributed by atoms with E-state index < -0.39 is 6.09 Å². The molecule has 132 valence electrons. The van der Waals surface area contributed by atoms with Crippen LogP contribution in [-0.4, -0.2) is 43.0 Å². The first-order valence-corrected chi connectivity index (χ1v) is 7.94. The van der Waals surface area contributed by atoms with Gasteiger partial charge in [0.1, 0.15) is 6.54 Å². The average molecular weight is 335 g/mol. The zero-order valence-electron chi connectivity index (χ0n) is 14.6. The highest BCUT2D eigenvalue weighted by atomic mass is 16.6. The van der Waals surface area contributed by atoms with Gasteiger partial charge >= 0.3 is 6.09 Å². The summed E-state index contributed by atoms with van der Waals surface area (Å²) in [4.78, 5) is 36.0. The third-order valence-electron chi connectivity index (χ3n) is 3.35. The summed E-state index contributed by atoms with van der Waals surface area (Å²) in [7, 11) is 1.51. The largest absolute Gasteiger partial charge is 0.450 e. The SMILES string of the molecule is CCOC(=O)N(C)CC(=O)N[C@H](C)c1ccc(NC(=O)CC)cc1. The van der Waals surface area contributed by atoms with Crippen LogP contribution in [0.1, 0.15) is 38.8 Å². The van der Waals surface area contributed by atoms with E-state index in [1.165, 1.54) is 11.9 Å². The van der Waals surface area contributed by atoms with Crippen LogP contribution in [0.5, 0.6) is 0 Å². The molecule has 24 heavy (non-hydrogen) atoms. The Morgan fingerprint density at radius 1 is 1.12 bits per heavy atom. The fourth-order valence-electron chi connectivity index (χ4n) is 1.99. The lowest BCUT2D eigenvalue weighted by Gasteiger charge is -2.19. The van der Waals surface area contributed by atoms with Gasteiger partial charge in [0.05, 0.1) is 12.6 Å². The van der Waals surface area contributed by atoms with Crippen molar-refractivity contribution in [3.8, 4) is 0 Å². The molecule has 2 N–H and O–H groups in total. The quantitative estimate of drug-likeness (QED) is 0.800. The maximum absolute atomic E-state index is 12.0. The van der Waals surface area contributed by atoms with E-state index in [1.807, 2.05) is 19.1 Å². The molecule has 0 aliphatic carbocycles. The van der Waals surface area contributed by atoms with Crippen LogP contribution in [0.2, 0.25) is 0 Å². The molecular weight excluding hydrogens is 310 g/mol. The van der Waals surface area contributed by atoms with Gasteiger partial charge in [-0.1, -0.05) is 19.1 Å². The number of hydrogen-bond donors (Lipinski definition) is 2. The molecular formula is C17H25N3O4. The third-order valence-corrected chi connectivity index (χ3v) is 3.35. The Kier molecular flexibility index (Phi) is 7.74. The van der Waals surface area contributed by atoms with Crippen LogP contribution in [0.15, 0.2) is 24.3 Å². The zero-order chi connectivity index (χ0) is 18.1. The van der Waals surface area contributed by atoms with E-state index in [4.69, 9.17) is 4.74 Å². The van der Waals surface area contributed by atoms with Crippen LogP contribution in [0.3, 0.4) is 0 Å². The summed E-state index contributed by atoms with van der Waals surface area (Å²) in [5.74, 6) is -0.326. The second kappa shape index (κ2) is 9.54. The molecule has 0 aromatic heterocycles. The lowest BCUT2D eigenvalue weighted by atomic mass is 10.1. The van der Waals surface area contributed by atoms with E-state index in [9.17, 15) is 14.4 Å². The number of hydrogen-bond acceptors (Lipinski definition) is 4. The predicted octanol–water partition coefficient (Wildman–Crippen LogP) is 2.30. The van der Waals surface area contributed by atoms with Gasteiger partial charge in [0.25, 0.3) is 0 Å². The van der Waals surface area contributed by atoms with Crippen LogP contribution >= 0.6 is 0 Å². The lowest BCUT2D eigenvalue weighted by Crippen LogP contribution is -2.39. The Morgan fingerprint density at radius 2 is 1.75 bits per heavy atom. The van der Waals surface area contributed by atoms with Gasteiger partial charge in [0.15, 0.2) is 0 Å². The molecule has 0 heterocycles. The van der Waals surface area contributed by atoms with E-state index in [0.29, 0.717) is 12.1 Å². The normalized spacial score (nSPS) is 11.3. The summed E-state index contributed by atoms with van der Waals surface area (Å²) >= 11 is 0. The van der Waals surface area contributed by atoms with Crippen LogP contribution in [0.25, 0.3) is 0 Å². The number of nitrogens with one attached hydrogen (secondary N) is 2. The number of benzene rings is 1. The van der Waals surface area contributed by atoms with Gasteiger partial charge in [-0.15, -0.1) is 0 Å². The second-order valence-electron chi connectivity index (χ2n) is 5.37. The number of ether oxygens (including phenoxy) is 1. The van der Waals surface area contributed by atoms with E-state index in [1.54, 1.807) is 26.0 Å². The molecule has 0 bridgehead atoms. The maximum Gasteiger partial charge on any atom is 0.409 e. The molecule has 1 atom stereocenters. The summed E-state index contributed by atoms with van der Waals surface area (Å²) in [5, 5.41) is 5.58. The smallest absolute Gasteiger partial charge is 0.409 e. The van der Waals surface area contributed by atoms with Crippen molar-refractivity contribution in [3.63, 3.8) is 0 Å². The van der Waals surface area contributed by atoms with Crippen molar-refractivity contribution < 1.29 is 19.1 Å². The highest BCUT2D eigenvalue weighted by Crippen LogP contribution is 2.16. The van der Waals surface area contributed by atoms with Crippen molar-refractivity contribution in [2.75, 3.05) is 25.5 Å². The summed E-state index contributed by atoms with van der Waals surface area (Å²) < 4.78 is 4.82. The predicted molar refractivity (Wildman–Crippen MR) is 91.6 cm³/mol. The topological polar surface area (TPSA) is 87.7 Å². The maximum atomic E-state index is 12.0. The van der Waals surface area contributed by atoms with Crippen molar-refractivity contribution in [3.05, 3.63) is 29.8 Å². The molecule has 0 unspecified atom stereocenters. The Morgan fingerprint density at radius 3 is 2.29 bits per heavy atom. The van der Waals surface area contributed by atoms with Crippen molar-refractivity contribution in [2.45, 2.75) is 33.2 Å². The molecule has 0 aliphatic rings. The van der Waals surface area contributed by atoms with Crippen LogP contribution in [0, 0.1) is 0 Å². The Labute approximate surface area is 142 Å². The van der Waals surface area contributed by atoms with Crippen LogP contribution < -0.4 is 10.6 Å². The van der Waals surface area contributed by atoms with Gasteiger partial charge in [-0.3, -0.25) is 9.59 Å². The number of rotatable bonds is 7. The summed E-state index contributed by atoms with van der Waals surface area (Å²) in [5.41, 5.74) is 1.61. The first-order valence-electron chi connectivity index (χ1n) is 7.94. The standard InChI is InChI=1S/C17H25N3O4/c1-5-15(21)19-14-9-7-13(8-10-14)12(3)18-16(22)11-20(4)17(23)24-6-2/h7-10,12H,5-6,11H2,1-4H3,(H,18,22)(H,19,21)/t12-/m1/s1. The Balaban J connectivity index is 2.54. The molecule has 3 amide bonds. The first kappa shape index (κ1) is 19.5. The molecule has 0 spiro atoms. The summed E-state index contributed by atoms with van der Waals surface area (Å²) in [6, 6.07) is 7.03. The number of carbonyl (C=O) groups is 3. The van der Waals surface area contributed by atoms with Gasteiger partial charge in [-0.2, -0.15) is 0 Å². The monoisotopic (exact) mass is 335 g/mol. The number of amides is 3. The highest BCUT2D eigenvalue weighted by Gasteiger charge is 2.15. The first-order chi connectivity index (χ1) is 11.4. The minimum atomic E-state index is -0.531. The molecule has 0 saturated carbocycles. The molecule has 0 saturated heterocycles. The second-order valence-corrected chi connectivity index (χ2v) is 5.37. The Hall–Kier alpha value is -2.57. The number of anilines is 1. The fraction of sp³-hybridized carbons (Fsp3) is 0.471. The van der Waals surface area contributed by atoms with E-state index in [-0.39, 0.29) is 31.0 Å². The molecule has 0 radical (unpaired) electrons. The van der Waals surface area contributed by atoms with Crippen LogP contribution in [-0.2, 0) is 14.3 Å².